The summed E-state index contributed by atoms with van der Waals surface area (Å²) in [6.45, 7) is 11.7. The van der Waals surface area contributed by atoms with E-state index in [1.54, 1.807) is 13.2 Å². The predicted molar refractivity (Wildman–Crippen MR) is 134 cm³/mol. The second kappa shape index (κ2) is 13.2. The number of anilines is 1. The van der Waals surface area contributed by atoms with Crippen LogP contribution in [0.1, 0.15) is 19.8 Å². The number of para-hydroxylation sites is 2. The molecule has 3 rings (SSSR count). The summed E-state index contributed by atoms with van der Waals surface area (Å²) in [5.74, 6) is 2.06. The molecule has 0 unspecified atom stereocenters. The highest BCUT2D eigenvalue weighted by Crippen LogP contribution is 2.27. The average molecular weight is 531 g/mol. The van der Waals surface area contributed by atoms with E-state index < -0.39 is 0 Å². The van der Waals surface area contributed by atoms with Gasteiger partial charge >= 0.3 is 0 Å². The van der Waals surface area contributed by atoms with E-state index in [2.05, 4.69) is 26.9 Å². The van der Waals surface area contributed by atoms with Gasteiger partial charge in [-0.05, 0) is 50.9 Å². The van der Waals surface area contributed by atoms with Crippen LogP contribution in [0.25, 0.3) is 0 Å². The van der Waals surface area contributed by atoms with E-state index in [0.717, 1.165) is 77.2 Å². The van der Waals surface area contributed by atoms with E-state index >= 15 is 0 Å². The van der Waals surface area contributed by atoms with E-state index in [-0.39, 0.29) is 24.0 Å². The third kappa shape index (κ3) is 7.16. The maximum atomic E-state index is 10.1. The van der Waals surface area contributed by atoms with Gasteiger partial charge in [-0.3, -0.25) is 4.99 Å². The second-order valence-corrected chi connectivity index (χ2v) is 7.94. The van der Waals surface area contributed by atoms with Crippen molar-refractivity contribution in [3.8, 4) is 5.75 Å². The number of guanidine groups is 1. The number of nitrogens with one attached hydrogen (secondary N) is 1. The third-order valence-electron chi connectivity index (χ3n) is 5.95. The van der Waals surface area contributed by atoms with E-state index in [1.807, 2.05) is 18.2 Å². The fraction of sp³-hybridized carbons (Fsp3) is 0.682. The van der Waals surface area contributed by atoms with Gasteiger partial charge in [0.2, 0.25) is 0 Å². The molecule has 0 saturated carbocycles. The number of methoxy groups -OCH3 is 1. The van der Waals surface area contributed by atoms with Crippen LogP contribution in [0.4, 0.5) is 5.69 Å². The third-order valence-corrected chi connectivity index (χ3v) is 5.95. The van der Waals surface area contributed by atoms with Gasteiger partial charge in [-0.1, -0.05) is 12.1 Å². The number of piperazine rings is 1. The topological polar surface area (TPSA) is 63.6 Å². The molecule has 2 aliphatic rings. The van der Waals surface area contributed by atoms with Crippen LogP contribution in [0, 0.1) is 5.92 Å². The van der Waals surface area contributed by atoms with Crippen LogP contribution in [0.5, 0.6) is 5.75 Å². The van der Waals surface area contributed by atoms with Crippen LogP contribution in [0.2, 0.25) is 0 Å². The number of ether oxygens (including phenoxy) is 1. The Labute approximate surface area is 198 Å². The van der Waals surface area contributed by atoms with E-state index in [9.17, 15) is 5.11 Å². The van der Waals surface area contributed by atoms with E-state index in [4.69, 9.17) is 9.73 Å². The molecule has 2 heterocycles. The second-order valence-electron chi connectivity index (χ2n) is 7.94. The molecule has 2 N–H and O–H groups in total. The van der Waals surface area contributed by atoms with Crippen LogP contribution in [-0.4, -0.2) is 93.5 Å². The Kier molecular flexibility index (Phi) is 11.0. The molecule has 2 aliphatic heterocycles. The standard InChI is InChI=1S/C22H37N5O2.HI/c1-3-23-22(24-18-19-8-10-25(11-9-19)16-17-29-2)27-14-12-26(13-15-27)20-6-4-5-7-21(20)28;/h4-7,19,28H,3,8-18H2,1-2H3,(H,23,24);1H. The van der Waals surface area contributed by atoms with Crippen LogP contribution in [0.15, 0.2) is 29.3 Å². The quantitative estimate of drug-likeness (QED) is 0.320. The number of phenols is 1. The van der Waals surface area contributed by atoms with Crippen LogP contribution in [0.3, 0.4) is 0 Å². The van der Waals surface area contributed by atoms with Crippen molar-refractivity contribution in [3.63, 3.8) is 0 Å². The average Bonchev–Trinajstić information content (AvgIpc) is 2.76. The molecule has 8 heteroatoms. The van der Waals surface area contributed by atoms with Gasteiger partial charge in [0.15, 0.2) is 5.96 Å². The van der Waals surface area contributed by atoms with Gasteiger partial charge in [-0.2, -0.15) is 0 Å². The summed E-state index contributed by atoms with van der Waals surface area (Å²) in [5, 5.41) is 13.6. The fourth-order valence-electron chi connectivity index (χ4n) is 4.15. The Morgan fingerprint density at radius 3 is 2.47 bits per heavy atom. The largest absolute Gasteiger partial charge is 0.506 e. The first-order valence-corrected chi connectivity index (χ1v) is 11.0. The van der Waals surface area contributed by atoms with E-state index in [0.29, 0.717) is 11.7 Å². The molecule has 0 bridgehead atoms. The highest BCUT2D eigenvalue weighted by Gasteiger charge is 2.23. The lowest BCUT2D eigenvalue weighted by molar-refractivity contribution is 0.121. The molecule has 1 aromatic carbocycles. The molecule has 2 fully saturated rings. The van der Waals surface area contributed by atoms with Gasteiger partial charge in [-0.25, -0.2) is 0 Å². The highest BCUT2D eigenvalue weighted by molar-refractivity contribution is 14.0. The van der Waals surface area contributed by atoms with Gasteiger partial charge < -0.3 is 29.9 Å². The summed E-state index contributed by atoms with van der Waals surface area (Å²) in [6, 6.07) is 7.59. The van der Waals surface area contributed by atoms with Crippen LogP contribution in [-0.2, 0) is 4.74 Å². The maximum absolute atomic E-state index is 10.1. The van der Waals surface area contributed by atoms with Crippen molar-refractivity contribution in [1.29, 1.82) is 0 Å². The zero-order valence-corrected chi connectivity index (χ0v) is 20.8. The summed E-state index contributed by atoms with van der Waals surface area (Å²) >= 11 is 0. The highest BCUT2D eigenvalue weighted by atomic mass is 127. The Hall–Kier alpha value is -1.26. The Bertz CT molecular complexity index is 644. The summed E-state index contributed by atoms with van der Waals surface area (Å²) in [4.78, 5) is 12.1. The zero-order chi connectivity index (χ0) is 20.5. The van der Waals surface area contributed by atoms with Gasteiger partial charge in [0.05, 0.1) is 12.3 Å². The molecular weight excluding hydrogens is 493 g/mol. The monoisotopic (exact) mass is 531 g/mol. The number of benzene rings is 1. The maximum Gasteiger partial charge on any atom is 0.194 e. The lowest BCUT2D eigenvalue weighted by atomic mass is 9.97. The number of rotatable bonds is 7. The Morgan fingerprint density at radius 1 is 1.13 bits per heavy atom. The minimum Gasteiger partial charge on any atom is -0.506 e. The van der Waals surface area contributed by atoms with Crippen molar-refractivity contribution in [2.75, 3.05) is 77.5 Å². The first-order valence-electron chi connectivity index (χ1n) is 11.0. The molecule has 7 nitrogen and oxygen atoms in total. The van der Waals surface area contributed by atoms with Gasteiger partial charge in [-0.15, -0.1) is 24.0 Å². The smallest absolute Gasteiger partial charge is 0.194 e. The molecule has 2 saturated heterocycles. The normalized spacial score (nSPS) is 18.9. The number of hydrogen-bond acceptors (Lipinski definition) is 5. The molecule has 0 amide bonds. The molecular formula is C22H38IN5O2. The SMILES string of the molecule is CCNC(=NCC1CCN(CCOC)CC1)N1CCN(c2ccccc2O)CC1.I. The molecule has 1 aromatic rings. The van der Waals surface area contributed by atoms with Crippen molar-refractivity contribution in [1.82, 2.24) is 15.1 Å². The van der Waals surface area contributed by atoms with Crippen LogP contribution >= 0.6 is 24.0 Å². The molecule has 0 atom stereocenters. The number of likely N-dealkylation sites (tertiary alicyclic amines) is 1. The predicted octanol–water partition coefficient (Wildman–Crippen LogP) is 2.46. The van der Waals surface area contributed by atoms with Gasteiger partial charge in [0.25, 0.3) is 0 Å². The lowest BCUT2D eigenvalue weighted by Crippen LogP contribution is -2.52. The van der Waals surface area contributed by atoms with E-state index in [1.165, 1.54) is 12.8 Å². The van der Waals surface area contributed by atoms with Crippen molar-refractivity contribution in [2.45, 2.75) is 19.8 Å². The molecule has 0 spiro atoms. The van der Waals surface area contributed by atoms with Crippen molar-refractivity contribution >= 4 is 35.6 Å². The zero-order valence-electron chi connectivity index (χ0n) is 18.4. The number of aromatic hydroxyl groups is 1. The van der Waals surface area contributed by atoms with Crippen molar-refractivity contribution in [2.24, 2.45) is 10.9 Å². The minimum atomic E-state index is 0. The number of aliphatic imine (C=N–C) groups is 1. The Morgan fingerprint density at radius 2 is 1.83 bits per heavy atom. The molecule has 0 aliphatic carbocycles. The van der Waals surface area contributed by atoms with Gasteiger partial charge in [0.1, 0.15) is 5.75 Å². The first-order chi connectivity index (χ1) is 14.2. The molecule has 0 aromatic heterocycles. The number of hydrogen-bond donors (Lipinski definition) is 2. The van der Waals surface area contributed by atoms with Crippen molar-refractivity contribution in [3.05, 3.63) is 24.3 Å². The number of piperidine rings is 1. The summed E-state index contributed by atoms with van der Waals surface area (Å²) in [7, 11) is 1.77. The summed E-state index contributed by atoms with van der Waals surface area (Å²) < 4.78 is 5.19. The Balaban J connectivity index is 0.00000320. The van der Waals surface area contributed by atoms with Crippen molar-refractivity contribution < 1.29 is 9.84 Å². The molecule has 0 radical (unpaired) electrons. The molecule has 170 valence electrons. The summed E-state index contributed by atoms with van der Waals surface area (Å²) in [5.41, 5.74) is 0.925. The number of phenolic OH excluding ortho intramolecular Hbond substituents is 1. The van der Waals surface area contributed by atoms with Crippen LogP contribution < -0.4 is 10.2 Å². The number of halogens is 1. The van der Waals surface area contributed by atoms with Gasteiger partial charge in [0, 0.05) is 52.9 Å². The first kappa shape index (κ1) is 25.0. The fourth-order valence-corrected chi connectivity index (χ4v) is 4.15. The number of nitrogens with zero attached hydrogens (tertiary/aromatic N) is 4. The summed E-state index contributed by atoms with van der Waals surface area (Å²) in [6.07, 6.45) is 2.43. The minimum absolute atomic E-state index is 0. The molecule has 30 heavy (non-hydrogen) atoms. The lowest BCUT2D eigenvalue weighted by Gasteiger charge is -2.38.